The summed E-state index contributed by atoms with van der Waals surface area (Å²) >= 11 is 0. The summed E-state index contributed by atoms with van der Waals surface area (Å²) < 4.78 is 5.69. The van der Waals surface area contributed by atoms with E-state index >= 15 is 0 Å². The van der Waals surface area contributed by atoms with E-state index in [1.165, 1.54) is 22.3 Å². The molecule has 0 aliphatic heterocycles. The van der Waals surface area contributed by atoms with Crippen LogP contribution in [0.4, 0.5) is 4.79 Å². The van der Waals surface area contributed by atoms with E-state index in [2.05, 4.69) is 29.6 Å². The van der Waals surface area contributed by atoms with E-state index in [0.717, 1.165) is 12.8 Å². The highest BCUT2D eigenvalue weighted by atomic mass is 16.5. The summed E-state index contributed by atoms with van der Waals surface area (Å²) in [7, 11) is 1.79. The van der Waals surface area contributed by atoms with Gasteiger partial charge >= 0.3 is 12.1 Å². The normalized spacial score (nSPS) is 29.9. The molecule has 2 N–H and O–H groups in total. The first-order valence-corrected chi connectivity index (χ1v) is 12.5. The van der Waals surface area contributed by atoms with Crippen molar-refractivity contribution in [2.75, 3.05) is 13.7 Å². The lowest BCUT2D eigenvalue weighted by Gasteiger charge is -2.40. The zero-order chi connectivity index (χ0) is 24.3. The van der Waals surface area contributed by atoms with Gasteiger partial charge in [-0.3, -0.25) is 9.59 Å². The average molecular weight is 475 g/mol. The largest absolute Gasteiger partial charge is 0.481 e. The van der Waals surface area contributed by atoms with Crippen LogP contribution in [0.5, 0.6) is 0 Å². The predicted octanol–water partition coefficient (Wildman–Crippen LogP) is 4.02. The molecule has 6 rings (SSSR count). The predicted molar refractivity (Wildman–Crippen MR) is 129 cm³/mol. The van der Waals surface area contributed by atoms with Crippen molar-refractivity contribution in [1.82, 2.24) is 10.2 Å². The molecule has 0 bridgehead atoms. The van der Waals surface area contributed by atoms with Crippen LogP contribution in [0.1, 0.15) is 49.1 Å². The number of hydrogen-bond acceptors (Lipinski definition) is 4. The Balaban J connectivity index is 1.04. The van der Waals surface area contributed by atoms with Gasteiger partial charge in [0.15, 0.2) is 0 Å². The average Bonchev–Trinajstić information content (AvgIpc) is 3.24. The molecule has 3 fully saturated rings. The maximum Gasteiger partial charge on any atom is 0.407 e. The molecule has 0 spiro atoms. The third-order valence-electron chi connectivity index (χ3n) is 8.83. The molecule has 4 aliphatic carbocycles. The van der Waals surface area contributed by atoms with Crippen LogP contribution in [0.3, 0.4) is 0 Å². The van der Waals surface area contributed by atoms with Crippen LogP contribution in [0.25, 0.3) is 11.1 Å². The smallest absolute Gasteiger partial charge is 0.407 e. The molecule has 0 heterocycles. The van der Waals surface area contributed by atoms with Gasteiger partial charge in [0.1, 0.15) is 6.61 Å². The number of aliphatic carboxylic acids is 1. The van der Waals surface area contributed by atoms with Crippen molar-refractivity contribution >= 4 is 18.0 Å². The molecule has 2 amide bonds. The van der Waals surface area contributed by atoms with E-state index < -0.39 is 17.5 Å². The van der Waals surface area contributed by atoms with Crippen molar-refractivity contribution < 1.29 is 24.2 Å². The van der Waals surface area contributed by atoms with E-state index in [9.17, 15) is 14.4 Å². The Bertz CT molecular complexity index is 1160. The monoisotopic (exact) mass is 474 g/mol. The lowest BCUT2D eigenvalue weighted by atomic mass is 9.79. The van der Waals surface area contributed by atoms with Crippen molar-refractivity contribution in [3.63, 3.8) is 0 Å². The van der Waals surface area contributed by atoms with Gasteiger partial charge in [-0.2, -0.15) is 0 Å². The number of fused-ring (bicyclic) bond motifs is 4. The molecule has 3 atom stereocenters. The summed E-state index contributed by atoms with van der Waals surface area (Å²) in [5.41, 5.74) is 4.34. The molecule has 4 aliphatic rings. The third kappa shape index (κ3) is 3.60. The Morgan fingerprint density at radius 2 is 1.63 bits per heavy atom. The zero-order valence-corrected chi connectivity index (χ0v) is 19.8. The minimum Gasteiger partial charge on any atom is -0.481 e. The molecule has 3 saturated carbocycles. The van der Waals surface area contributed by atoms with Crippen LogP contribution < -0.4 is 5.32 Å². The number of alkyl carbamates (subject to hydrolysis) is 1. The van der Waals surface area contributed by atoms with Gasteiger partial charge in [0.25, 0.3) is 0 Å². The van der Waals surface area contributed by atoms with Crippen molar-refractivity contribution in [1.29, 1.82) is 0 Å². The molecular weight excluding hydrogens is 444 g/mol. The number of amides is 2. The fraction of sp³-hybridized carbons (Fsp3) is 0.464. The first kappa shape index (κ1) is 22.1. The minimum absolute atomic E-state index is 0.00775. The minimum atomic E-state index is -0.780. The number of nitrogens with zero attached hydrogens (tertiary/aromatic N) is 1. The van der Waals surface area contributed by atoms with E-state index in [4.69, 9.17) is 9.84 Å². The standard InChI is InChI=1S/C28H30N2O5/c1-30(19-10-16(11-19)25(31)32)26(33)28-13-17(28)12-18(14-28)29-27(34)35-15-24-22-8-4-2-6-20(22)21-7-3-5-9-23(21)24/h2-9,16-19,24H,10-15H2,1H3,(H,29,34)(H,31,32)/t16?,17-,18+,19?,28+/m1/s1. The van der Waals surface area contributed by atoms with Crippen molar-refractivity contribution in [3.05, 3.63) is 59.7 Å². The van der Waals surface area contributed by atoms with Gasteiger partial charge in [0, 0.05) is 25.0 Å². The summed E-state index contributed by atoms with van der Waals surface area (Å²) in [6.07, 6.45) is 2.89. The van der Waals surface area contributed by atoms with Crippen LogP contribution in [0.2, 0.25) is 0 Å². The van der Waals surface area contributed by atoms with E-state index in [1.54, 1.807) is 11.9 Å². The molecule has 0 saturated heterocycles. The highest BCUT2D eigenvalue weighted by Gasteiger charge is 2.66. The Kier molecular flexibility index (Phi) is 5.13. The second kappa shape index (κ2) is 8.11. The van der Waals surface area contributed by atoms with Gasteiger partial charge in [0.05, 0.1) is 11.3 Å². The number of hydrogen-bond donors (Lipinski definition) is 2. The number of carbonyl (C=O) groups excluding carboxylic acids is 2. The Hall–Kier alpha value is -3.35. The van der Waals surface area contributed by atoms with Crippen molar-refractivity contribution in [2.45, 2.75) is 50.1 Å². The van der Waals surface area contributed by atoms with Gasteiger partial charge in [-0.1, -0.05) is 48.5 Å². The van der Waals surface area contributed by atoms with Gasteiger partial charge in [-0.05, 0) is 60.3 Å². The summed E-state index contributed by atoms with van der Waals surface area (Å²) in [6.45, 7) is 0.273. The fourth-order valence-electron chi connectivity index (χ4n) is 6.69. The number of rotatable bonds is 6. The molecule has 0 unspecified atom stereocenters. The van der Waals surface area contributed by atoms with Crippen LogP contribution in [0.15, 0.2) is 48.5 Å². The summed E-state index contributed by atoms with van der Waals surface area (Å²) in [6, 6.07) is 16.4. The van der Waals surface area contributed by atoms with Crippen LogP contribution in [0, 0.1) is 17.3 Å². The highest BCUT2D eigenvalue weighted by molar-refractivity contribution is 5.87. The lowest BCUT2D eigenvalue weighted by molar-refractivity contribution is -0.151. The molecule has 35 heavy (non-hydrogen) atoms. The molecule has 2 aromatic carbocycles. The summed E-state index contributed by atoms with van der Waals surface area (Å²) in [4.78, 5) is 38.8. The van der Waals surface area contributed by atoms with Crippen LogP contribution in [-0.2, 0) is 14.3 Å². The molecule has 7 nitrogen and oxygen atoms in total. The van der Waals surface area contributed by atoms with Gasteiger partial charge in [-0.15, -0.1) is 0 Å². The Morgan fingerprint density at radius 1 is 1.00 bits per heavy atom. The quantitative estimate of drug-likeness (QED) is 0.659. The zero-order valence-electron chi connectivity index (χ0n) is 19.8. The number of carboxylic acids is 1. The number of carboxylic acid groups (broad SMARTS) is 1. The maximum atomic E-state index is 13.2. The van der Waals surface area contributed by atoms with E-state index in [0.29, 0.717) is 19.3 Å². The molecule has 7 heteroatoms. The molecule has 0 radical (unpaired) electrons. The summed E-state index contributed by atoms with van der Waals surface area (Å²) in [5, 5.41) is 12.1. The lowest BCUT2D eigenvalue weighted by Crippen LogP contribution is -2.50. The van der Waals surface area contributed by atoms with Gasteiger partial charge in [0.2, 0.25) is 5.91 Å². The van der Waals surface area contributed by atoms with E-state index in [1.807, 2.05) is 24.3 Å². The topological polar surface area (TPSA) is 95.9 Å². The Morgan fingerprint density at radius 3 is 2.26 bits per heavy atom. The summed E-state index contributed by atoms with van der Waals surface area (Å²) in [5.74, 6) is -0.712. The number of benzene rings is 2. The molecule has 2 aromatic rings. The third-order valence-corrected chi connectivity index (χ3v) is 8.83. The van der Waals surface area contributed by atoms with E-state index in [-0.39, 0.29) is 42.4 Å². The molecule has 0 aromatic heterocycles. The van der Waals surface area contributed by atoms with Crippen molar-refractivity contribution in [3.8, 4) is 11.1 Å². The second-order valence-corrected chi connectivity index (χ2v) is 10.7. The van der Waals surface area contributed by atoms with Gasteiger partial charge in [-0.25, -0.2) is 4.79 Å². The SMILES string of the molecule is CN(C(=O)[C@@]12C[C@@H](NC(=O)OCC3c4ccccc4-c4ccccc43)C[C@@H]1C2)C1CC(C(=O)O)C1. The number of carbonyl (C=O) groups is 3. The first-order chi connectivity index (χ1) is 16.9. The second-order valence-electron chi connectivity index (χ2n) is 10.7. The fourth-order valence-corrected chi connectivity index (χ4v) is 6.69. The highest BCUT2D eigenvalue weighted by Crippen LogP contribution is 2.64. The number of ether oxygens (including phenoxy) is 1. The first-order valence-electron chi connectivity index (χ1n) is 12.5. The van der Waals surface area contributed by atoms with Crippen molar-refractivity contribution in [2.24, 2.45) is 17.3 Å². The number of nitrogens with one attached hydrogen (secondary N) is 1. The van der Waals surface area contributed by atoms with Crippen LogP contribution in [-0.4, -0.2) is 53.7 Å². The maximum absolute atomic E-state index is 13.2. The molecular formula is C28H30N2O5. The molecule has 182 valence electrons. The van der Waals surface area contributed by atoms with Gasteiger partial charge < -0.3 is 20.1 Å². The van der Waals surface area contributed by atoms with Crippen LogP contribution >= 0.6 is 0 Å². The Labute approximate surface area is 204 Å².